The van der Waals surface area contributed by atoms with E-state index in [9.17, 15) is 4.79 Å². The second-order valence-electron chi connectivity index (χ2n) is 8.54. The Morgan fingerprint density at radius 2 is 2.06 bits per heavy atom. The van der Waals surface area contributed by atoms with Crippen LogP contribution < -0.4 is 10.1 Å². The Kier molecular flexibility index (Phi) is 9.74. The third-order valence-corrected chi connectivity index (χ3v) is 6.80. The van der Waals surface area contributed by atoms with E-state index >= 15 is 0 Å². The number of nitrogens with one attached hydrogen (secondary N) is 1. The van der Waals surface area contributed by atoms with Crippen LogP contribution in [0.5, 0.6) is 5.75 Å². The Balaban J connectivity index is 2.26. The molecule has 1 saturated heterocycles. The van der Waals surface area contributed by atoms with Gasteiger partial charge in [-0.3, -0.25) is 0 Å². The zero-order valence-corrected chi connectivity index (χ0v) is 21.4. The van der Waals surface area contributed by atoms with Crippen molar-refractivity contribution in [3.8, 4) is 5.75 Å². The molecular formula is C24H35Cl2N3O3. The van der Waals surface area contributed by atoms with Gasteiger partial charge >= 0.3 is 6.03 Å². The number of rotatable bonds is 8. The summed E-state index contributed by atoms with van der Waals surface area (Å²) in [7, 11) is 5.24. The quantitative estimate of drug-likeness (QED) is 0.390. The van der Waals surface area contributed by atoms with Gasteiger partial charge in [0.1, 0.15) is 16.5 Å². The van der Waals surface area contributed by atoms with Crippen LogP contribution in [0.1, 0.15) is 38.8 Å². The number of allylic oxidation sites excluding steroid dienone is 1. The van der Waals surface area contributed by atoms with Crippen LogP contribution in [0.25, 0.3) is 0 Å². The van der Waals surface area contributed by atoms with Crippen LogP contribution >= 0.6 is 23.2 Å². The maximum atomic E-state index is 13.5. The normalized spacial score (nSPS) is 20.4. The van der Waals surface area contributed by atoms with Gasteiger partial charge in [0.25, 0.3) is 0 Å². The first-order valence-corrected chi connectivity index (χ1v) is 11.5. The third-order valence-electron chi connectivity index (χ3n) is 5.92. The fraction of sp³-hybridized carbons (Fsp3) is 0.542. The number of ether oxygens (including phenoxy) is 2. The minimum Gasteiger partial charge on any atom is -0.497 e. The monoisotopic (exact) mass is 483 g/mol. The maximum absolute atomic E-state index is 13.5. The molecule has 6 nitrogen and oxygen atoms in total. The van der Waals surface area contributed by atoms with Gasteiger partial charge in [0, 0.05) is 19.1 Å². The molecule has 1 aromatic carbocycles. The molecule has 0 spiro atoms. The van der Waals surface area contributed by atoms with Crippen molar-refractivity contribution in [3.63, 3.8) is 0 Å². The van der Waals surface area contributed by atoms with Gasteiger partial charge in [-0.1, -0.05) is 48.3 Å². The molecule has 0 aromatic heterocycles. The predicted molar refractivity (Wildman–Crippen MR) is 132 cm³/mol. The lowest BCUT2D eigenvalue weighted by atomic mass is 9.92. The smallest absolute Gasteiger partial charge is 0.318 e. The summed E-state index contributed by atoms with van der Waals surface area (Å²) in [6, 6.07) is 3.23. The Labute approximate surface area is 202 Å². The van der Waals surface area contributed by atoms with E-state index < -0.39 is 0 Å². The van der Waals surface area contributed by atoms with E-state index in [1.54, 1.807) is 13.2 Å². The van der Waals surface area contributed by atoms with Crippen LogP contribution in [0.4, 0.5) is 4.79 Å². The van der Waals surface area contributed by atoms with Crippen LogP contribution in [0.15, 0.2) is 36.1 Å². The number of amides is 2. The highest BCUT2D eigenvalue weighted by atomic mass is 35.5. The zero-order chi connectivity index (χ0) is 24.0. The largest absolute Gasteiger partial charge is 0.497 e. The molecular weight excluding hydrogens is 449 g/mol. The summed E-state index contributed by atoms with van der Waals surface area (Å²) >= 11 is 12.8. The second-order valence-corrected chi connectivity index (χ2v) is 9.30. The summed E-state index contributed by atoms with van der Waals surface area (Å²) in [6.45, 7) is 12.3. The molecule has 0 aliphatic carbocycles. The van der Waals surface area contributed by atoms with Crippen molar-refractivity contribution < 1.29 is 14.3 Å². The summed E-state index contributed by atoms with van der Waals surface area (Å²) in [5, 5.41) is 3.83. The molecule has 0 saturated carbocycles. The number of urea groups is 1. The zero-order valence-electron chi connectivity index (χ0n) is 19.9. The van der Waals surface area contributed by atoms with Crippen molar-refractivity contribution in [2.24, 2.45) is 5.92 Å². The number of nitrogens with zero attached hydrogens (tertiary/aromatic N) is 2. The van der Waals surface area contributed by atoms with E-state index in [0.717, 1.165) is 30.6 Å². The molecule has 3 unspecified atom stereocenters. The van der Waals surface area contributed by atoms with Crippen molar-refractivity contribution in [2.75, 3.05) is 40.9 Å². The number of carbonyl (C=O) groups is 1. The summed E-state index contributed by atoms with van der Waals surface area (Å²) < 4.78 is 10.4. The maximum Gasteiger partial charge on any atom is 0.318 e. The van der Waals surface area contributed by atoms with Gasteiger partial charge in [-0.2, -0.15) is 0 Å². The molecule has 1 fully saturated rings. The van der Waals surface area contributed by atoms with Crippen molar-refractivity contribution in [3.05, 3.63) is 51.7 Å². The number of methoxy groups -OCH3 is 2. The van der Waals surface area contributed by atoms with Crippen LogP contribution in [0.3, 0.4) is 0 Å². The number of hydrogen-bond donors (Lipinski definition) is 1. The molecule has 2 rings (SSSR count). The van der Waals surface area contributed by atoms with Crippen LogP contribution in [-0.4, -0.2) is 62.8 Å². The molecule has 0 bridgehead atoms. The highest BCUT2D eigenvalue weighted by Gasteiger charge is 2.33. The van der Waals surface area contributed by atoms with Crippen LogP contribution in [-0.2, 0) is 4.74 Å². The molecule has 0 radical (unpaired) electrons. The number of halogens is 2. The van der Waals surface area contributed by atoms with E-state index in [-0.39, 0.29) is 18.1 Å². The lowest BCUT2D eigenvalue weighted by Crippen LogP contribution is -2.54. The highest BCUT2D eigenvalue weighted by Crippen LogP contribution is 2.37. The summed E-state index contributed by atoms with van der Waals surface area (Å²) in [4.78, 5) is 17.7. The minimum absolute atomic E-state index is 0.118. The van der Waals surface area contributed by atoms with Crippen molar-refractivity contribution >= 4 is 29.2 Å². The summed E-state index contributed by atoms with van der Waals surface area (Å²) in [5.74, 6) is 1.40. The standard InChI is InChI=1S/C24H35Cl2N3O3/c1-15(12-17(3)31-6)13-29(20-10-11-28(5)14-16(20)2)24(30)27-18(4)19-8-9-21(32-7)23(26)22(19)25/h8-9,12,16,18,20H,3,10-11,13-14H2,1-2,4-7H3,(H,27,30). The van der Waals surface area contributed by atoms with E-state index in [0.29, 0.717) is 34.0 Å². The Hall–Kier alpha value is -1.89. The molecule has 8 heteroatoms. The van der Waals surface area contributed by atoms with Gasteiger partial charge in [-0.05, 0) is 57.5 Å². The first-order valence-electron chi connectivity index (χ1n) is 10.8. The molecule has 1 aliphatic heterocycles. The van der Waals surface area contributed by atoms with Gasteiger partial charge in [0.05, 0.1) is 25.3 Å². The lowest BCUT2D eigenvalue weighted by molar-refractivity contribution is 0.0966. The minimum atomic E-state index is -0.333. The highest BCUT2D eigenvalue weighted by molar-refractivity contribution is 6.43. The van der Waals surface area contributed by atoms with Crippen molar-refractivity contribution in [1.29, 1.82) is 0 Å². The van der Waals surface area contributed by atoms with E-state index in [2.05, 4.69) is 30.8 Å². The van der Waals surface area contributed by atoms with E-state index in [1.165, 1.54) is 7.11 Å². The molecule has 1 aliphatic rings. The number of benzene rings is 1. The molecule has 32 heavy (non-hydrogen) atoms. The number of hydrogen-bond acceptors (Lipinski definition) is 4. The topological polar surface area (TPSA) is 54.0 Å². The van der Waals surface area contributed by atoms with Crippen molar-refractivity contribution in [1.82, 2.24) is 15.1 Å². The fourth-order valence-electron chi connectivity index (χ4n) is 4.18. The molecule has 1 N–H and O–H groups in total. The fourth-order valence-corrected chi connectivity index (χ4v) is 4.75. The van der Waals surface area contributed by atoms with Crippen molar-refractivity contribution in [2.45, 2.75) is 39.3 Å². The second kappa shape index (κ2) is 11.8. The molecule has 3 atom stereocenters. The van der Waals surface area contributed by atoms with Gasteiger partial charge < -0.3 is 24.6 Å². The van der Waals surface area contributed by atoms with Gasteiger partial charge in [0.15, 0.2) is 0 Å². The number of carbonyl (C=O) groups excluding carboxylic acids is 1. The summed E-state index contributed by atoms with van der Waals surface area (Å²) in [5.41, 5.74) is 1.73. The Morgan fingerprint density at radius 1 is 1.38 bits per heavy atom. The molecule has 1 aromatic rings. The molecule has 1 heterocycles. The van der Waals surface area contributed by atoms with Gasteiger partial charge in [-0.25, -0.2) is 4.79 Å². The number of piperidine rings is 1. The Morgan fingerprint density at radius 3 is 2.66 bits per heavy atom. The predicted octanol–water partition coefficient (Wildman–Crippen LogP) is 5.52. The third kappa shape index (κ3) is 6.56. The van der Waals surface area contributed by atoms with Crippen LogP contribution in [0, 0.1) is 5.92 Å². The van der Waals surface area contributed by atoms with Gasteiger partial charge in [0.2, 0.25) is 0 Å². The first kappa shape index (κ1) is 26.4. The summed E-state index contributed by atoms with van der Waals surface area (Å²) in [6.07, 6.45) is 2.77. The lowest BCUT2D eigenvalue weighted by Gasteiger charge is -2.42. The molecule has 178 valence electrons. The number of likely N-dealkylation sites (tertiary alicyclic amines) is 1. The molecule has 2 amide bonds. The first-order chi connectivity index (χ1) is 15.1. The SMILES string of the molecule is C=C(C=C(C)CN(C(=O)NC(C)c1ccc(OC)c(Cl)c1Cl)C1CCN(C)CC1C)OC. The van der Waals surface area contributed by atoms with Crippen LogP contribution in [0.2, 0.25) is 10.0 Å². The average Bonchev–Trinajstić information content (AvgIpc) is 2.74. The average molecular weight is 484 g/mol. The van der Waals surface area contributed by atoms with E-state index in [4.69, 9.17) is 32.7 Å². The Bertz CT molecular complexity index is 859. The van der Waals surface area contributed by atoms with Gasteiger partial charge in [-0.15, -0.1) is 0 Å². The van der Waals surface area contributed by atoms with E-state index in [1.807, 2.05) is 30.9 Å².